The van der Waals surface area contributed by atoms with E-state index in [1.807, 2.05) is 6.92 Å². The van der Waals surface area contributed by atoms with Crippen LogP contribution in [0.5, 0.6) is 0 Å². The van der Waals surface area contributed by atoms with Gasteiger partial charge in [-0.3, -0.25) is 9.47 Å². The molecule has 0 aliphatic carbocycles. The van der Waals surface area contributed by atoms with Crippen molar-refractivity contribution in [3.63, 3.8) is 0 Å². The molecule has 1 aromatic rings. The van der Waals surface area contributed by atoms with Crippen molar-refractivity contribution in [2.24, 2.45) is 5.73 Å². The summed E-state index contributed by atoms with van der Waals surface area (Å²) in [7, 11) is 0. The van der Waals surface area contributed by atoms with E-state index in [4.69, 9.17) is 5.73 Å². The monoisotopic (exact) mass is 330 g/mol. The largest absolute Gasteiger partial charge is 0.327 e. The van der Waals surface area contributed by atoms with E-state index in [1.54, 1.807) is 0 Å². The highest BCUT2D eigenvalue weighted by Gasteiger charge is 2.27. The Morgan fingerprint density at radius 1 is 1.40 bits per heavy atom. The fraction of sp³-hybridized carbons (Fsp3) is 0.750. The zero-order valence-electron chi connectivity index (χ0n) is 11.4. The van der Waals surface area contributed by atoms with E-state index in [-0.39, 0.29) is 36.9 Å². The summed E-state index contributed by atoms with van der Waals surface area (Å²) in [5.74, 6) is 0.414. The van der Waals surface area contributed by atoms with E-state index < -0.39 is 6.55 Å². The summed E-state index contributed by atoms with van der Waals surface area (Å²) in [5, 5.41) is 0. The molecule has 1 fully saturated rings. The minimum absolute atomic E-state index is 0. The van der Waals surface area contributed by atoms with Gasteiger partial charge in [-0.05, 0) is 26.3 Å². The molecule has 1 saturated heterocycles. The molecule has 2 unspecified atom stereocenters. The molecule has 1 aliphatic rings. The molecule has 2 heterocycles. The second-order valence-corrected chi connectivity index (χ2v) is 4.92. The highest BCUT2D eigenvalue weighted by atomic mass is 35.5. The zero-order chi connectivity index (χ0) is 13.1. The Hall–Kier alpha value is -0.430. The zero-order valence-corrected chi connectivity index (χ0v) is 13.0. The summed E-state index contributed by atoms with van der Waals surface area (Å²) < 4.78 is 26.4. The Kier molecular flexibility index (Phi) is 8.58. The van der Waals surface area contributed by atoms with E-state index in [2.05, 4.69) is 9.88 Å². The quantitative estimate of drug-likeness (QED) is 0.923. The maximum Gasteiger partial charge on any atom is 0.319 e. The number of piperidine rings is 1. The number of halogens is 4. The Morgan fingerprint density at radius 2 is 2.10 bits per heavy atom. The van der Waals surface area contributed by atoms with Crippen molar-refractivity contribution in [1.82, 2.24) is 14.5 Å². The van der Waals surface area contributed by atoms with Gasteiger partial charge < -0.3 is 5.73 Å². The first-order valence-corrected chi connectivity index (χ1v) is 6.39. The summed E-state index contributed by atoms with van der Waals surface area (Å²) in [5.41, 5.74) is 5.97. The van der Waals surface area contributed by atoms with Crippen molar-refractivity contribution in [2.75, 3.05) is 6.54 Å². The van der Waals surface area contributed by atoms with E-state index in [0.717, 1.165) is 30.4 Å². The lowest BCUT2D eigenvalue weighted by molar-refractivity contribution is 0.0581. The molecule has 20 heavy (non-hydrogen) atoms. The summed E-state index contributed by atoms with van der Waals surface area (Å²) in [6.07, 6.45) is 6.04. The van der Waals surface area contributed by atoms with Crippen LogP contribution in [0.3, 0.4) is 0 Å². The Morgan fingerprint density at radius 3 is 2.70 bits per heavy atom. The van der Waals surface area contributed by atoms with Crippen LogP contribution in [0.1, 0.15) is 38.6 Å². The van der Waals surface area contributed by atoms with E-state index in [1.165, 1.54) is 12.4 Å². The number of nitrogens with two attached hydrogens (primary N) is 1. The number of rotatable bonds is 4. The van der Waals surface area contributed by atoms with Crippen LogP contribution in [-0.4, -0.2) is 33.1 Å². The van der Waals surface area contributed by atoms with Crippen LogP contribution in [-0.2, 0) is 6.54 Å². The van der Waals surface area contributed by atoms with Gasteiger partial charge in [-0.25, -0.2) is 4.98 Å². The number of aromatic nitrogens is 2. The van der Waals surface area contributed by atoms with Crippen LogP contribution >= 0.6 is 24.8 Å². The summed E-state index contributed by atoms with van der Waals surface area (Å²) >= 11 is 0. The molecule has 0 radical (unpaired) electrons. The van der Waals surface area contributed by atoms with Crippen molar-refractivity contribution in [3.8, 4) is 0 Å². The fourth-order valence-electron chi connectivity index (χ4n) is 2.63. The predicted molar refractivity (Wildman–Crippen MR) is 79.7 cm³/mol. The van der Waals surface area contributed by atoms with Crippen LogP contribution < -0.4 is 5.73 Å². The van der Waals surface area contributed by atoms with Gasteiger partial charge >= 0.3 is 6.55 Å². The SMILES string of the molecule is CC(N)C1CCCCN1Cc1nccn1C(F)F.Cl.Cl. The smallest absolute Gasteiger partial charge is 0.319 e. The fourth-order valence-corrected chi connectivity index (χ4v) is 2.63. The number of alkyl halides is 2. The van der Waals surface area contributed by atoms with Crippen molar-refractivity contribution >= 4 is 24.8 Å². The average Bonchev–Trinajstić information content (AvgIpc) is 2.77. The maximum atomic E-state index is 12.8. The van der Waals surface area contributed by atoms with E-state index in [9.17, 15) is 8.78 Å². The van der Waals surface area contributed by atoms with Gasteiger partial charge in [0.1, 0.15) is 5.82 Å². The molecule has 4 nitrogen and oxygen atoms in total. The molecule has 2 rings (SSSR count). The maximum absolute atomic E-state index is 12.8. The molecule has 2 N–H and O–H groups in total. The van der Waals surface area contributed by atoms with Gasteiger partial charge in [0.25, 0.3) is 0 Å². The molecular weight excluding hydrogens is 309 g/mol. The molecule has 0 aromatic carbocycles. The Labute approximate surface area is 130 Å². The van der Waals surface area contributed by atoms with Gasteiger partial charge in [0.2, 0.25) is 0 Å². The minimum Gasteiger partial charge on any atom is -0.327 e. The molecule has 1 aliphatic heterocycles. The van der Waals surface area contributed by atoms with E-state index >= 15 is 0 Å². The molecule has 0 bridgehead atoms. The molecular formula is C12H22Cl2F2N4. The summed E-state index contributed by atoms with van der Waals surface area (Å²) in [6.45, 7) is 0.801. The first kappa shape index (κ1) is 19.6. The molecule has 118 valence electrons. The van der Waals surface area contributed by atoms with Gasteiger partial charge in [-0.15, -0.1) is 24.8 Å². The van der Waals surface area contributed by atoms with Crippen molar-refractivity contribution in [2.45, 2.75) is 51.4 Å². The third kappa shape index (κ3) is 4.55. The van der Waals surface area contributed by atoms with Crippen molar-refractivity contribution in [3.05, 3.63) is 18.2 Å². The third-order valence-electron chi connectivity index (χ3n) is 3.57. The lowest BCUT2D eigenvalue weighted by atomic mass is 9.97. The third-order valence-corrected chi connectivity index (χ3v) is 3.57. The van der Waals surface area contributed by atoms with Gasteiger partial charge in [0.15, 0.2) is 0 Å². The number of imidazole rings is 1. The molecule has 2 atom stereocenters. The number of hydrogen-bond acceptors (Lipinski definition) is 3. The van der Waals surface area contributed by atoms with Crippen LogP contribution in [0.2, 0.25) is 0 Å². The molecule has 0 spiro atoms. The molecule has 0 saturated carbocycles. The second-order valence-electron chi connectivity index (χ2n) is 4.92. The summed E-state index contributed by atoms with van der Waals surface area (Å²) in [4.78, 5) is 6.20. The van der Waals surface area contributed by atoms with Crippen LogP contribution in [0, 0.1) is 0 Å². The van der Waals surface area contributed by atoms with Gasteiger partial charge in [-0.1, -0.05) is 6.42 Å². The van der Waals surface area contributed by atoms with Gasteiger partial charge in [-0.2, -0.15) is 8.78 Å². The molecule has 8 heteroatoms. The Balaban J connectivity index is 0.00000180. The van der Waals surface area contributed by atoms with Crippen molar-refractivity contribution < 1.29 is 8.78 Å². The lowest BCUT2D eigenvalue weighted by Crippen LogP contribution is -2.48. The standard InChI is InChI=1S/C12H20F2N4.2ClH/c1-9(15)10-4-2-3-6-17(10)8-11-16-5-7-18(11)12(13)14;;/h5,7,9-10,12H,2-4,6,8,15H2,1H3;2*1H. The van der Waals surface area contributed by atoms with Crippen LogP contribution in [0.4, 0.5) is 8.78 Å². The van der Waals surface area contributed by atoms with Gasteiger partial charge in [0.05, 0.1) is 6.54 Å². The summed E-state index contributed by atoms with van der Waals surface area (Å²) in [6, 6.07) is 0.321. The second kappa shape index (κ2) is 8.77. The molecule has 0 amide bonds. The first-order valence-electron chi connectivity index (χ1n) is 6.39. The Bertz CT molecular complexity index is 387. The number of hydrogen-bond donors (Lipinski definition) is 1. The molecule has 1 aromatic heterocycles. The van der Waals surface area contributed by atoms with E-state index in [0.29, 0.717) is 12.4 Å². The lowest BCUT2D eigenvalue weighted by Gasteiger charge is -2.37. The predicted octanol–water partition coefficient (Wildman–Crippen LogP) is 2.82. The van der Waals surface area contributed by atoms with Gasteiger partial charge in [0, 0.05) is 24.5 Å². The highest BCUT2D eigenvalue weighted by Crippen LogP contribution is 2.22. The normalized spacial score (nSPS) is 21.1. The van der Waals surface area contributed by atoms with Crippen LogP contribution in [0.25, 0.3) is 0 Å². The topological polar surface area (TPSA) is 47.1 Å². The number of nitrogens with zero attached hydrogens (tertiary/aromatic N) is 3. The highest BCUT2D eigenvalue weighted by molar-refractivity contribution is 5.85. The number of likely N-dealkylation sites (tertiary alicyclic amines) is 1. The van der Waals surface area contributed by atoms with Crippen molar-refractivity contribution in [1.29, 1.82) is 0 Å². The first-order chi connectivity index (χ1) is 8.59. The minimum atomic E-state index is -2.53. The van der Waals surface area contributed by atoms with Crippen LogP contribution in [0.15, 0.2) is 12.4 Å². The average molecular weight is 331 g/mol.